The Kier molecular flexibility index (Phi) is 11.6. The monoisotopic (exact) mass is 366 g/mol. The van der Waals surface area contributed by atoms with Crippen LogP contribution >= 0.6 is 0 Å². The van der Waals surface area contributed by atoms with Gasteiger partial charge < -0.3 is 9.80 Å². The Morgan fingerprint density at radius 1 is 0.654 bits per heavy atom. The van der Waals surface area contributed by atoms with Crippen molar-refractivity contribution < 1.29 is 9.59 Å². The summed E-state index contributed by atoms with van der Waals surface area (Å²) in [6.07, 6.45) is 13.1. The van der Waals surface area contributed by atoms with Crippen LogP contribution in [0.5, 0.6) is 0 Å². The standard InChI is InChI=1S/C22H42N2O2/c1-5-7-9-11-13-15-21(25)23-17-20(4)24(18-19(23)3)22(26)16-14-12-10-8-6-2/h19-20H,5-18H2,1-4H3/t19-,20-/m0/s1. The summed E-state index contributed by atoms with van der Waals surface area (Å²) in [5.41, 5.74) is 0. The number of rotatable bonds is 12. The highest BCUT2D eigenvalue weighted by Crippen LogP contribution is 2.19. The van der Waals surface area contributed by atoms with E-state index >= 15 is 0 Å². The lowest BCUT2D eigenvalue weighted by atomic mass is 10.0. The van der Waals surface area contributed by atoms with E-state index in [1.807, 2.05) is 9.80 Å². The van der Waals surface area contributed by atoms with Gasteiger partial charge in [-0.15, -0.1) is 0 Å². The third-order valence-electron chi connectivity index (χ3n) is 5.62. The summed E-state index contributed by atoms with van der Waals surface area (Å²) in [4.78, 5) is 29.1. The third-order valence-corrected chi connectivity index (χ3v) is 5.62. The van der Waals surface area contributed by atoms with Crippen molar-refractivity contribution in [2.24, 2.45) is 0 Å². The zero-order valence-electron chi connectivity index (χ0n) is 17.8. The van der Waals surface area contributed by atoms with Crippen molar-refractivity contribution in [3.8, 4) is 0 Å². The Morgan fingerprint density at radius 2 is 1.00 bits per heavy atom. The van der Waals surface area contributed by atoms with Crippen molar-refractivity contribution in [1.29, 1.82) is 0 Å². The summed E-state index contributed by atoms with van der Waals surface area (Å²) in [7, 11) is 0. The van der Waals surface area contributed by atoms with Gasteiger partial charge >= 0.3 is 0 Å². The minimum atomic E-state index is 0.137. The summed E-state index contributed by atoms with van der Waals surface area (Å²) in [5, 5.41) is 0. The molecule has 2 atom stereocenters. The van der Waals surface area contributed by atoms with Crippen LogP contribution in [0.15, 0.2) is 0 Å². The van der Waals surface area contributed by atoms with Crippen molar-refractivity contribution in [3.63, 3.8) is 0 Å². The first-order valence-electron chi connectivity index (χ1n) is 11.1. The number of carbonyl (C=O) groups is 2. The van der Waals surface area contributed by atoms with Gasteiger partial charge in [0.25, 0.3) is 0 Å². The number of unbranched alkanes of at least 4 members (excludes halogenated alkanes) is 8. The first kappa shape index (κ1) is 23.0. The minimum absolute atomic E-state index is 0.137. The molecular formula is C22H42N2O2. The highest BCUT2D eigenvalue weighted by atomic mass is 16.2. The lowest BCUT2D eigenvalue weighted by Gasteiger charge is -2.44. The molecule has 0 bridgehead atoms. The number of carbonyl (C=O) groups excluding carboxylic acids is 2. The number of hydrogen-bond acceptors (Lipinski definition) is 2. The summed E-state index contributed by atoms with van der Waals surface area (Å²) >= 11 is 0. The minimum Gasteiger partial charge on any atom is -0.336 e. The highest BCUT2D eigenvalue weighted by Gasteiger charge is 2.33. The van der Waals surface area contributed by atoms with Crippen molar-refractivity contribution in [1.82, 2.24) is 9.80 Å². The fraction of sp³-hybridized carbons (Fsp3) is 0.909. The highest BCUT2D eigenvalue weighted by molar-refractivity contribution is 5.79. The molecule has 4 heteroatoms. The molecule has 1 heterocycles. The third kappa shape index (κ3) is 8.09. The van der Waals surface area contributed by atoms with Crippen LogP contribution in [0, 0.1) is 0 Å². The smallest absolute Gasteiger partial charge is 0.222 e. The van der Waals surface area contributed by atoms with Gasteiger partial charge in [0.1, 0.15) is 0 Å². The van der Waals surface area contributed by atoms with Crippen molar-refractivity contribution in [2.45, 2.75) is 117 Å². The Bertz CT molecular complexity index is 373. The van der Waals surface area contributed by atoms with E-state index in [2.05, 4.69) is 27.7 Å². The van der Waals surface area contributed by atoms with Crippen LogP contribution < -0.4 is 0 Å². The van der Waals surface area contributed by atoms with Gasteiger partial charge in [0, 0.05) is 38.0 Å². The molecule has 0 saturated carbocycles. The van der Waals surface area contributed by atoms with E-state index in [9.17, 15) is 9.59 Å². The maximum absolute atomic E-state index is 12.6. The topological polar surface area (TPSA) is 40.6 Å². The van der Waals surface area contributed by atoms with E-state index in [0.29, 0.717) is 25.9 Å². The molecular weight excluding hydrogens is 324 g/mol. The fourth-order valence-electron chi connectivity index (χ4n) is 3.87. The van der Waals surface area contributed by atoms with Gasteiger partial charge in [-0.05, 0) is 26.7 Å². The quantitative estimate of drug-likeness (QED) is 0.448. The fourth-order valence-corrected chi connectivity index (χ4v) is 3.87. The van der Waals surface area contributed by atoms with Gasteiger partial charge in [0.15, 0.2) is 0 Å². The van der Waals surface area contributed by atoms with Gasteiger partial charge in [0.05, 0.1) is 0 Å². The van der Waals surface area contributed by atoms with Crippen LogP contribution in [0.1, 0.15) is 105 Å². The van der Waals surface area contributed by atoms with Crippen molar-refractivity contribution >= 4 is 11.8 Å². The lowest BCUT2D eigenvalue weighted by molar-refractivity contribution is -0.145. The molecule has 2 amide bonds. The molecule has 0 N–H and O–H groups in total. The van der Waals surface area contributed by atoms with Crippen LogP contribution in [0.4, 0.5) is 0 Å². The maximum atomic E-state index is 12.6. The zero-order valence-corrected chi connectivity index (χ0v) is 17.8. The SMILES string of the molecule is CCCCCCCC(=O)N1C[C@H](C)N(C(=O)CCCCCCC)C[C@@H]1C. The first-order chi connectivity index (χ1) is 12.5. The second-order valence-corrected chi connectivity index (χ2v) is 8.12. The Labute approximate surface area is 161 Å². The number of amides is 2. The molecule has 1 rings (SSSR count). The van der Waals surface area contributed by atoms with Gasteiger partial charge in [0.2, 0.25) is 11.8 Å². The molecule has 4 nitrogen and oxygen atoms in total. The molecule has 152 valence electrons. The first-order valence-corrected chi connectivity index (χ1v) is 11.1. The van der Waals surface area contributed by atoms with Gasteiger partial charge in [-0.1, -0.05) is 65.2 Å². The van der Waals surface area contributed by atoms with E-state index in [-0.39, 0.29) is 23.9 Å². The molecule has 0 aliphatic carbocycles. The normalized spacial score (nSPS) is 20.5. The molecule has 1 saturated heterocycles. The predicted octanol–water partition coefficient (Wildman–Crippen LogP) is 5.16. The number of piperazine rings is 1. The second kappa shape index (κ2) is 13.2. The zero-order chi connectivity index (χ0) is 19.4. The van der Waals surface area contributed by atoms with E-state index in [1.165, 1.54) is 38.5 Å². The molecule has 0 aromatic rings. The number of nitrogens with zero attached hydrogens (tertiary/aromatic N) is 2. The maximum Gasteiger partial charge on any atom is 0.222 e. The largest absolute Gasteiger partial charge is 0.336 e. The molecule has 0 aromatic heterocycles. The molecule has 0 unspecified atom stereocenters. The van der Waals surface area contributed by atoms with Gasteiger partial charge in [-0.3, -0.25) is 9.59 Å². The molecule has 1 aliphatic rings. The van der Waals surface area contributed by atoms with Crippen LogP contribution in [-0.2, 0) is 9.59 Å². The molecule has 0 spiro atoms. The van der Waals surface area contributed by atoms with Crippen molar-refractivity contribution in [2.75, 3.05) is 13.1 Å². The Morgan fingerprint density at radius 3 is 1.35 bits per heavy atom. The Balaban J connectivity index is 2.35. The molecule has 1 fully saturated rings. The second-order valence-electron chi connectivity index (χ2n) is 8.12. The molecule has 26 heavy (non-hydrogen) atoms. The number of hydrogen-bond donors (Lipinski definition) is 0. The molecule has 1 aliphatic heterocycles. The van der Waals surface area contributed by atoms with Crippen LogP contribution in [0.3, 0.4) is 0 Å². The average molecular weight is 367 g/mol. The van der Waals surface area contributed by atoms with Crippen LogP contribution in [0.2, 0.25) is 0 Å². The molecule has 0 aromatic carbocycles. The lowest BCUT2D eigenvalue weighted by Crippen LogP contribution is -2.59. The van der Waals surface area contributed by atoms with Crippen LogP contribution in [0.25, 0.3) is 0 Å². The average Bonchev–Trinajstić information content (AvgIpc) is 2.62. The van der Waals surface area contributed by atoms with Gasteiger partial charge in [-0.25, -0.2) is 0 Å². The summed E-state index contributed by atoms with van der Waals surface area (Å²) < 4.78 is 0. The Hall–Kier alpha value is -1.06. The van der Waals surface area contributed by atoms with E-state index in [0.717, 1.165) is 25.7 Å². The van der Waals surface area contributed by atoms with Crippen LogP contribution in [-0.4, -0.2) is 46.8 Å². The predicted molar refractivity (Wildman–Crippen MR) is 109 cm³/mol. The summed E-state index contributed by atoms with van der Waals surface area (Å²) in [5.74, 6) is 0.542. The van der Waals surface area contributed by atoms with E-state index < -0.39 is 0 Å². The summed E-state index contributed by atoms with van der Waals surface area (Å²) in [6.45, 7) is 9.97. The van der Waals surface area contributed by atoms with E-state index in [4.69, 9.17) is 0 Å². The van der Waals surface area contributed by atoms with Gasteiger partial charge in [-0.2, -0.15) is 0 Å². The van der Waals surface area contributed by atoms with Crippen molar-refractivity contribution in [3.05, 3.63) is 0 Å². The molecule has 0 radical (unpaired) electrons. The van der Waals surface area contributed by atoms with E-state index in [1.54, 1.807) is 0 Å². The summed E-state index contributed by atoms with van der Waals surface area (Å²) in [6, 6.07) is 0.275.